The molecule has 0 aliphatic carbocycles. The topological polar surface area (TPSA) is 66.0 Å². The minimum Gasteiger partial charge on any atom is -0.435 e. The maximum absolute atomic E-state index is 6.00. The summed E-state index contributed by atoms with van der Waals surface area (Å²) in [5.41, 5.74) is 9.08. The molecule has 0 saturated heterocycles. The minimum absolute atomic E-state index is 0.540. The first-order valence-electron chi connectivity index (χ1n) is 6.39. The quantitative estimate of drug-likeness (QED) is 0.776. The zero-order chi connectivity index (χ0) is 14.3. The van der Waals surface area contributed by atoms with Gasteiger partial charge >= 0.3 is 0 Å². The number of nitrogen functional groups attached to an aromatic ring is 1. The molecule has 2 N–H and O–H groups in total. The molecule has 0 atom stereocenters. The van der Waals surface area contributed by atoms with Gasteiger partial charge in [0.15, 0.2) is 5.75 Å². The van der Waals surface area contributed by atoms with E-state index in [4.69, 9.17) is 10.5 Å². The standard InChI is InChI=1S/C15H16N4O/c1-9-7-8-11-5-4-6-12(14(11)17-9)20-15-13(16)10(2)18-19(15)3/h4-8H,16H2,1-3H3. The lowest BCUT2D eigenvalue weighted by atomic mass is 10.2. The van der Waals surface area contributed by atoms with Crippen molar-refractivity contribution < 1.29 is 4.74 Å². The molecule has 2 aromatic heterocycles. The molecule has 0 spiro atoms. The van der Waals surface area contributed by atoms with Crippen LogP contribution < -0.4 is 10.5 Å². The molecule has 1 aromatic carbocycles. The van der Waals surface area contributed by atoms with Crippen LogP contribution in [0, 0.1) is 13.8 Å². The number of hydrogen-bond acceptors (Lipinski definition) is 4. The molecule has 2 heterocycles. The van der Waals surface area contributed by atoms with Crippen LogP contribution in [0.4, 0.5) is 5.69 Å². The summed E-state index contributed by atoms with van der Waals surface area (Å²) in [7, 11) is 1.81. The van der Waals surface area contributed by atoms with Crippen LogP contribution in [0.15, 0.2) is 30.3 Å². The van der Waals surface area contributed by atoms with Crippen LogP contribution in [-0.4, -0.2) is 14.8 Å². The predicted octanol–water partition coefficient (Wildman–Crippen LogP) is 2.96. The Morgan fingerprint density at radius 3 is 2.65 bits per heavy atom. The summed E-state index contributed by atoms with van der Waals surface area (Å²) in [5.74, 6) is 1.22. The zero-order valence-electron chi connectivity index (χ0n) is 11.7. The van der Waals surface area contributed by atoms with Crippen LogP contribution in [0.2, 0.25) is 0 Å². The molecular formula is C15H16N4O. The van der Waals surface area contributed by atoms with Gasteiger partial charge in [0.05, 0.1) is 5.69 Å². The van der Waals surface area contributed by atoms with Gasteiger partial charge in [-0.3, -0.25) is 0 Å². The number of aromatic nitrogens is 3. The fraction of sp³-hybridized carbons (Fsp3) is 0.200. The number of ether oxygens (including phenoxy) is 1. The van der Waals surface area contributed by atoms with Gasteiger partial charge in [-0.15, -0.1) is 0 Å². The Bertz CT molecular complexity index is 792. The zero-order valence-corrected chi connectivity index (χ0v) is 11.7. The maximum Gasteiger partial charge on any atom is 0.241 e. The van der Waals surface area contributed by atoms with Crippen molar-refractivity contribution in [3.8, 4) is 11.6 Å². The molecule has 3 aromatic rings. The molecule has 20 heavy (non-hydrogen) atoms. The van der Waals surface area contributed by atoms with Crippen molar-refractivity contribution in [1.29, 1.82) is 0 Å². The van der Waals surface area contributed by atoms with E-state index in [1.165, 1.54) is 0 Å². The van der Waals surface area contributed by atoms with E-state index < -0.39 is 0 Å². The lowest BCUT2D eigenvalue weighted by molar-refractivity contribution is 0.436. The highest BCUT2D eigenvalue weighted by molar-refractivity contribution is 5.85. The first kappa shape index (κ1) is 12.5. The summed E-state index contributed by atoms with van der Waals surface area (Å²) < 4.78 is 7.58. The molecule has 0 saturated carbocycles. The summed E-state index contributed by atoms with van der Waals surface area (Å²) in [6.45, 7) is 3.81. The van der Waals surface area contributed by atoms with Crippen molar-refractivity contribution in [3.63, 3.8) is 0 Å². The van der Waals surface area contributed by atoms with E-state index in [1.54, 1.807) is 4.68 Å². The summed E-state index contributed by atoms with van der Waals surface area (Å²) in [5, 5.41) is 5.28. The van der Waals surface area contributed by atoms with Crippen LogP contribution in [0.5, 0.6) is 11.6 Å². The van der Waals surface area contributed by atoms with E-state index in [2.05, 4.69) is 10.1 Å². The highest BCUT2D eigenvalue weighted by Crippen LogP contribution is 2.32. The summed E-state index contributed by atoms with van der Waals surface area (Å²) >= 11 is 0. The first-order chi connectivity index (χ1) is 9.56. The van der Waals surface area contributed by atoms with E-state index in [1.807, 2.05) is 51.2 Å². The third-order valence-corrected chi connectivity index (χ3v) is 3.24. The SMILES string of the molecule is Cc1ccc2cccc(Oc3c(N)c(C)nn3C)c2n1. The van der Waals surface area contributed by atoms with Gasteiger partial charge in [-0.05, 0) is 26.0 Å². The normalized spacial score (nSPS) is 10.9. The molecule has 102 valence electrons. The van der Waals surface area contributed by atoms with Crippen LogP contribution in [0.25, 0.3) is 10.9 Å². The first-order valence-corrected chi connectivity index (χ1v) is 6.39. The molecule has 0 bridgehead atoms. The number of aryl methyl sites for hydroxylation is 3. The van der Waals surface area contributed by atoms with Gasteiger partial charge in [-0.25, -0.2) is 9.67 Å². The molecule has 0 fully saturated rings. The number of rotatable bonds is 2. The van der Waals surface area contributed by atoms with Gasteiger partial charge in [0.25, 0.3) is 0 Å². The van der Waals surface area contributed by atoms with Gasteiger partial charge in [0, 0.05) is 18.1 Å². The fourth-order valence-electron chi connectivity index (χ4n) is 2.18. The number of pyridine rings is 1. The van der Waals surface area contributed by atoms with E-state index in [9.17, 15) is 0 Å². The highest BCUT2D eigenvalue weighted by Gasteiger charge is 2.14. The molecule has 5 heteroatoms. The van der Waals surface area contributed by atoms with Crippen LogP contribution in [0.1, 0.15) is 11.4 Å². The van der Waals surface area contributed by atoms with Gasteiger partial charge in [-0.2, -0.15) is 5.10 Å². The molecule has 5 nitrogen and oxygen atoms in total. The van der Waals surface area contributed by atoms with E-state index in [0.717, 1.165) is 22.3 Å². The van der Waals surface area contributed by atoms with Crippen molar-refractivity contribution in [2.45, 2.75) is 13.8 Å². The second-order valence-electron chi connectivity index (χ2n) is 4.81. The van der Waals surface area contributed by atoms with Crippen molar-refractivity contribution in [2.75, 3.05) is 5.73 Å². The van der Waals surface area contributed by atoms with Crippen LogP contribution in [-0.2, 0) is 7.05 Å². The number of para-hydroxylation sites is 1. The van der Waals surface area contributed by atoms with Crippen molar-refractivity contribution >= 4 is 16.6 Å². The van der Waals surface area contributed by atoms with Gasteiger partial charge in [0.1, 0.15) is 11.2 Å². The summed E-state index contributed by atoms with van der Waals surface area (Å²) in [6.07, 6.45) is 0. The average Bonchev–Trinajstić information content (AvgIpc) is 2.66. The number of anilines is 1. The maximum atomic E-state index is 6.00. The Morgan fingerprint density at radius 1 is 1.15 bits per heavy atom. The van der Waals surface area contributed by atoms with Gasteiger partial charge in [-0.1, -0.05) is 18.2 Å². The molecule has 0 radical (unpaired) electrons. The van der Waals surface area contributed by atoms with Gasteiger partial charge in [0.2, 0.25) is 5.88 Å². The van der Waals surface area contributed by atoms with Crippen molar-refractivity contribution in [1.82, 2.24) is 14.8 Å². The largest absolute Gasteiger partial charge is 0.435 e. The Kier molecular flexibility index (Phi) is 2.82. The predicted molar refractivity (Wildman–Crippen MR) is 78.9 cm³/mol. The molecule has 0 amide bonds. The molecular weight excluding hydrogens is 252 g/mol. The van der Waals surface area contributed by atoms with Crippen LogP contribution in [0.3, 0.4) is 0 Å². The average molecular weight is 268 g/mol. The van der Waals surface area contributed by atoms with Crippen molar-refractivity contribution in [3.05, 3.63) is 41.7 Å². The number of nitrogens with zero attached hydrogens (tertiary/aromatic N) is 3. The summed E-state index contributed by atoms with van der Waals surface area (Å²) in [4.78, 5) is 4.54. The Labute approximate surface area is 117 Å². The second kappa shape index (κ2) is 4.52. The van der Waals surface area contributed by atoms with E-state index >= 15 is 0 Å². The monoisotopic (exact) mass is 268 g/mol. The van der Waals surface area contributed by atoms with Gasteiger partial charge < -0.3 is 10.5 Å². The lowest BCUT2D eigenvalue weighted by Gasteiger charge is -2.09. The molecule has 0 unspecified atom stereocenters. The van der Waals surface area contributed by atoms with Crippen molar-refractivity contribution in [2.24, 2.45) is 7.05 Å². The van der Waals surface area contributed by atoms with Crippen LogP contribution >= 0.6 is 0 Å². The number of fused-ring (bicyclic) bond motifs is 1. The Balaban J connectivity index is 2.13. The third kappa shape index (κ3) is 1.97. The lowest BCUT2D eigenvalue weighted by Crippen LogP contribution is -1.98. The Hall–Kier alpha value is -2.56. The number of nitrogens with two attached hydrogens (primary N) is 1. The third-order valence-electron chi connectivity index (χ3n) is 3.24. The number of hydrogen-bond donors (Lipinski definition) is 1. The van der Waals surface area contributed by atoms with E-state index in [-0.39, 0.29) is 0 Å². The summed E-state index contributed by atoms with van der Waals surface area (Å²) in [6, 6.07) is 9.84. The van der Waals surface area contributed by atoms with E-state index in [0.29, 0.717) is 17.3 Å². The Morgan fingerprint density at radius 2 is 1.95 bits per heavy atom. The highest BCUT2D eigenvalue weighted by atomic mass is 16.5. The molecule has 3 rings (SSSR count). The fourth-order valence-corrected chi connectivity index (χ4v) is 2.18. The second-order valence-corrected chi connectivity index (χ2v) is 4.81. The molecule has 0 aliphatic heterocycles. The molecule has 0 aliphatic rings. The number of benzene rings is 1. The minimum atomic E-state index is 0.540. The smallest absolute Gasteiger partial charge is 0.241 e.